The summed E-state index contributed by atoms with van der Waals surface area (Å²) in [5, 5.41) is 9.15. The summed E-state index contributed by atoms with van der Waals surface area (Å²) in [4.78, 5) is 0. The van der Waals surface area contributed by atoms with E-state index in [9.17, 15) is 39.5 Å². The van der Waals surface area contributed by atoms with Crippen LogP contribution in [-0.2, 0) is 5.60 Å². The number of alkyl halides is 9. The lowest BCUT2D eigenvalue weighted by atomic mass is 9.92. The summed E-state index contributed by atoms with van der Waals surface area (Å²) in [6.45, 7) is 0. The molecule has 0 aromatic heterocycles. The molecule has 0 atom stereocenters. The zero-order valence-electron chi connectivity index (χ0n) is 10.4. The quantitative estimate of drug-likeness (QED) is 0.554. The van der Waals surface area contributed by atoms with Crippen LogP contribution in [0.2, 0.25) is 0 Å². The van der Waals surface area contributed by atoms with Crippen molar-refractivity contribution in [2.24, 2.45) is 0 Å². The van der Waals surface area contributed by atoms with E-state index < -0.39 is 45.8 Å². The molecule has 0 aliphatic rings. The summed E-state index contributed by atoms with van der Waals surface area (Å²) in [6.07, 6.45) is -18.0. The van der Waals surface area contributed by atoms with Gasteiger partial charge in [0.2, 0.25) is 0 Å². The Morgan fingerprint density at radius 2 is 1.35 bits per heavy atom. The predicted molar refractivity (Wildman–Crippen MR) is 61.2 cm³/mol. The van der Waals surface area contributed by atoms with Crippen molar-refractivity contribution >= 4 is 21.6 Å². The third-order valence-electron chi connectivity index (χ3n) is 2.56. The second-order valence-corrected chi connectivity index (χ2v) is 4.98. The first-order valence-electron chi connectivity index (χ1n) is 5.22. The number of benzene rings is 1. The molecule has 13 heteroatoms. The highest BCUT2D eigenvalue weighted by Crippen LogP contribution is 2.52. The Balaban J connectivity index is 3.64. The molecule has 0 fully saturated rings. The Morgan fingerprint density at radius 3 is 1.70 bits per heavy atom. The van der Waals surface area contributed by atoms with Crippen molar-refractivity contribution in [2.75, 3.05) is 5.73 Å². The zero-order chi connectivity index (χ0) is 18.4. The van der Waals surface area contributed by atoms with Gasteiger partial charge in [0.25, 0.3) is 5.60 Å². The van der Waals surface area contributed by atoms with Crippen LogP contribution in [0.1, 0.15) is 5.56 Å². The molecular formula is C10H5BrF9NO2. The van der Waals surface area contributed by atoms with Gasteiger partial charge in [-0.1, -0.05) is 0 Å². The minimum absolute atomic E-state index is 0.0968. The lowest BCUT2D eigenvalue weighted by molar-refractivity contribution is -0.376. The number of hydrogen-bond donors (Lipinski definition) is 2. The Bertz CT molecular complexity index is 580. The molecule has 0 unspecified atom stereocenters. The minimum atomic E-state index is -6.27. The molecule has 0 amide bonds. The normalized spacial score (nSPS) is 14.0. The largest absolute Gasteiger partial charge is 0.573 e. The molecule has 0 saturated heterocycles. The number of rotatable bonds is 2. The third-order valence-corrected chi connectivity index (χ3v) is 3.21. The van der Waals surface area contributed by atoms with Gasteiger partial charge >= 0.3 is 18.7 Å². The average molecular weight is 422 g/mol. The molecule has 1 aromatic rings. The van der Waals surface area contributed by atoms with E-state index >= 15 is 0 Å². The fourth-order valence-electron chi connectivity index (χ4n) is 1.50. The fraction of sp³-hybridized carbons (Fsp3) is 0.400. The summed E-state index contributed by atoms with van der Waals surface area (Å²) in [5.41, 5.74) is -3.16. The van der Waals surface area contributed by atoms with E-state index in [0.29, 0.717) is 0 Å². The summed E-state index contributed by atoms with van der Waals surface area (Å²) >= 11 is 2.41. The van der Waals surface area contributed by atoms with Crippen LogP contribution >= 0.6 is 15.9 Å². The highest BCUT2D eigenvalue weighted by atomic mass is 79.9. The number of hydrogen-bond acceptors (Lipinski definition) is 3. The molecule has 0 aliphatic heterocycles. The standard InChI is InChI=1S/C10H5BrF9NO2/c11-4-1-3(2-5(6(4)21)23-10(18,19)20)7(22,8(12,13)14)9(15,16)17/h1-2,22H,21H2. The lowest BCUT2D eigenvalue weighted by Crippen LogP contribution is -2.54. The van der Waals surface area contributed by atoms with Crippen LogP contribution in [0.3, 0.4) is 0 Å². The first kappa shape index (κ1) is 19.7. The Hall–Kier alpha value is -1.37. The molecule has 1 aromatic carbocycles. The van der Waals surface area contributed by atoms with Gasteiger partial charge in [-0.15, -0.1) is 13.2 Å². The molecule has 0 spiro atoms. The summed E-state index contributed by atoms with van der Waals surface area (Å²) in [7, 11) is 0. The number of aliphatic hydroxyl groups is 1. The van der Waals surface area contributed by atoms with E-state index in [1.54, 1.807) is 0 Å². The summed E-state index contributed by atoms with van der Waals surface area (Å²) < 4.78 is 115. The maximum atomic E-state index is 12.7. The number of anilines is 1. The first-order chi connectivity index (χ1) is 10.0. The van der Waals surface area contributed by atoms with Crippen LogP contribution in [0.4, 0.5) is 45.2 Å². The molecule has 0 saturated carbocycles. The minimum Gasteiger partial charge on any atom is -0.404 e. The van der Waals surface area contributed by atoms with Crippen molar-refractivity contribution in [1.82, 2.24) is 0 Å². The second-order valence-electron chi connectivity index (χ2n) is 4.12. The van der Waals surface area contributed by atoms with Crippen LogP contribution in [0.25, 0.3) is 0 Å². The number of halogens is 10. The van der Waals surface area contributed by atoms with E-state index in [1.165, 1.54) is 0 Å². The molecule has 23 heavy (non-hydrogen) atoms. The molecule has 1 rings (SSSR count). The van der Waals surface area contributed by atoms with E-state index in [0.717, 1.165) is 0 Å². The molecule has 0 radical (unpaired) electrons. The Kier molecular flexibility index (Phi) is 4.80. The van der Waals surface area contributed by atoms with Crippen LogP contribution < -0.4 is 10.5 Å². The van der Waals surface area contributed by atoms with E-state index in [-0.39, 0.29) is 12.1 Å². The van der Waals surface area contributed by atoms with Gasteiger partial charge in [0.05, 0.1) is 5.69 Å². The van der Waals surface area contributed by atoms with Gasteiger partial charge in [-0.25, -0.2) is 0 Å². The Labute approximate surface area is 129 Å². The van der Waals surface area contributed by atoms with Crippen molar-refractivity contribution in [3.8, 4) is 5.75 Å². The van der Waals surface area contributed by atoms with Crippen molar-refractivity contribution < 1.29 is 49.4 Å². The van der Waals surface area contributed by atoms with Crippen LogP contribution in [0.5, 0.6) is 5.75 Å². The molecular weight excluding hydrogens is 417 g/mol. The molecule has 0 aliphatic carbocycles. The van der Waals surface area contributed by atoms with Crippen molar-refractivity contribution in [2.45, 2.75) is 24.3 Å². The summed E-state index contributed by atoms with van der Waals surface area (Å²) in [5.74, 6) is -1.53. The van der Waals surface area contributed by atoms with Crippen LogP contribution in [0, 0.1) is 0 Å². The molecule has 3 nitrogen and oxygen atoms in total. The summed E-state index contributed by atoms with van der Waals surface area (Å²) in [6, 6.07) is -0.186. The van der Waals surface area contributed by atoms with Gasteiger partial charge in [-0.05, 0) is 28.1 Å². The topological polar surface area (TPSA) is 55.5 Å². The zero-order valence-corrected chi connectivity index (χ0v) is 12.0. The van der Waals surface area contributed by atoms with E-state index in [4.69, 9.17) is 10.8 Å². The van der Waals surface area contributed by atoms with Gasteiger partial charge in [0.1, 0.15) is 0 Å². The van der Waals surface area contributed by atoms with Crippen molar-refractivity contribution in [3.63, 3.8) is 0 Å². The Morgan fingerprint density at radius 1 is 0.913 bits per heavy atom. The van der Waals surface area contributed by atoms with Crippen LogP contribution in [-0.4, -0.2) is 23.8 Å². The molecule has 132 valence electrons. The predicted octanol–water partition coefficient (Wildman–Crippen LogP) is 4.24. The van der Waals surface area contributed by atoms with Gasteiger partial charge in [0.15, 0.2) is 5.75 Å². The molecule has 0 bridgehead atoms. The fourth-order valence-corrected chi connectivity index (χ4v) is 1.94. The van der Waals surface area contributed by atoms with Gasteiger partial charge in [-0.3, -0.25) is 0 Å². The average Bonchev–Trinajstić information content (AvgIpc) is 2.29. The van der Waals surface area contributed by atoms with Crippen molar-refractivity contribution in [3.05, 3.63) is 22.2 Å². The maximum absolute atomic E-state index is 12.7. The maximum Gasteiger partial charge on any atom is 0.573 e. The second kappa shape index (κ2) is 5.61. The van der Waals surface area contributed by atoms with Crippen LogP contribution in [0.15, 0.2) is 16.6 Å². The van der Waals surface area contributed by atoms with Gasteiger partial charge in [0, 0.05) is 10.0 Å². The SMILES string of the molecule is Nc1c(Br)cc(C(O)(C(F)(F)F)C(F)(F)F)cc1OC(F)(F)F. The molecule has 0 heterocycles. The molecule has 3 N–H and O–H groups in total. The lowest BCUT2D eigenvalue weighted by Gasteiger charge is -2.33. The monoisotopic (exact) mass is 421 g/mol. The third kappa shape index (κ3) is 3.76. The number of ether oxygens (including phenoxy) is 1. The number of nitrogen functional groups attached to an aromatic ring is 1. The van der Waals surface area contributed by atoms with Gasteiger partial charge < -0.3 is 15.6 Å². The first-order valence-corrected chi connectivity index (χ1v) is 6.01. The highest BCUT2D eigenvalue weighted by Gasteiger charge is 2.71. The van der Waals surface area contributed by atoms with Gasteiger partial charge in [-0.2, -0.15) is 26.3 Å². The van der Waals surface area contributed by atoms with E-state index in [1.807, 2.05) is 0 Å². The van der Waals surface area contributed by atoms with Crippen molar-refractivity contribution in [1.29, 1.82) is 0 Å². The van der Waals surface area contributed by atoms with E-state index in [2.05, 4.69) is 20.7 Å². The number of nitrogens with two attached hydrogens (primary N) is 1. The highest BCUT2D eigenvalue weighted by molar-refractivity contribution is 9.10. The smallest absolute Gasteiger partial charge is 0.404 e.